The second-order valence-electron chi connectivity index (χ2n) is 4.63. The molecule has 18 heavy (non-hydrogen) atoms. The molecular weight excluding hydrogens is 240 g/mol. The fourth-order valence-corrected chi connectivity index (χ4v) is 2.05. The Kier molecular flexibility index (Phi) is 4.01. The summed E-state index contributed by atoms with van der Waals surface area (Å²) in [6, 6.07) is 6.55. The van der Waals surface area contributed by atoms with Gasteiger partial charge in [-0.25, -0.2) is 0 Å². The Bertz CT molecular complexity index is 392. The number of alkyl halides is 2. The normalized spacial score (nSPS) is 18.7. The van der Waals surface area contributed by atoms with Crippen LogP contribution in [0.15, 0.2) is 24.3 Å². The van der Waals surface area contributed by atoms with Crippen LogP contribution < -0.4 is 14.8 Å². The molecule has 0 unspecified atom stereocenters. The average molecular weight is 257 g/mol. The van der Waals surface area contributed by atoms with E-state index in [4.69, 9.17) is 4.74 Å². The minimum Gasteiger partial charge on any atom is -0.484 e. The van der Waals surface area contributed by atoms with Crippen LogP contribution in [-0.2, 0) is 0 Å². The van der Waals surface area contributed by atoms with Gasteiger partial charge < -0.3 is 14.8 Å². The van der Waals surface area contributed by atoms with E-state index in [-0.39, 0.29) is 11.4 Å². The molecule has 3 nitrogen and oxygen atoms in total. The van der Waals surface area contributed by atoms with E-state index in [1.807, 2.05) is 6.92 Å². The van der Waals surface area contributed by atoms with E-state index in [0.717, 1.165) is 25.9 Å². The van der Waals surface area contributed by atoms with E-state index in [1.54, 1.807) is 18.2 Å². The van der Waals surface area contributed by atoms with Crippen LogP contribution >= 0.6 is 0 Å². The standard InChI is InChI=1S/C13H17F2NO2/c1-13(6-8-16-9-7-13)18-11-5-3-2-4-10(11)17-12(14)15/h2-5,12,16H,6-9H2,1H3. The molecule has 1 saturated heterocycles. The highest BCUT2D eigenvalue weighted by Gasteiger charge is 2.29. The molecule has 1 aliphatic heterocycles. The van der Waals surface area contributed by atoms with Crippen molar-refractivity contribution in [2.24, 2.45) is 0 Å². The maximum atomic E-state index is 12.3. The zero-order valence-electron chi connectivity index (χ0n) is 10.3. The first-order chi connectivity index (χ1) is 8.59. The van der Waals surface area contributed by atoms with Crippen LogP contribution in [0.3, 0.4) is 0 Å². The zero-order chi connectivity index (χ0) is 13.0. The van der Waals surface area contributed by atoms with Gasteiger partial charge in [0.15, 0.2) is 11.5 Å². The van der Waals surface area contributed by atoms with Crippen LogP contribution in [0.4, 0.5) is 8.78 Å². The number of rotatable bonds is 4. The van der Waals surface area contributed by atoms with Gasteiger partial charge >= 0.3 is 6.61 Å². The molecule has 5 heteroatoms. The maximum absolute atomic E-state index is 12.3. The van der Waals surface area contributed by atoms with E-state index in [2.05, 4.69) is 10.1 Å². The van der Waals surface area contributed by atoms with Crippen molar-refractivity contribution in [2.75, 3.05) is 13.1 Å². The molecule has 1 N–H and O–H groups in total. The summed E-state index contributed by atoms with van der Waals surface area (Å²) in [7, 11) is 0. The van der Waals surface area contributed by atoms with Crippen molar-refractivity contribution in [1.82, 2.24) is 5.32 Å². The van der Waals surface area contributed by atoms with Gasteiger partial charge in [0, 0.05) is 0 Å². The molecule has 1 aromatic carbocycles. The SMILES string of the molecule is CC1(Oc2ccccc2OC(F)F)CCNCC1. The monoisotopic (exact) mass is 257 g/mol. The smallest absolute Gasteiger partial charge is 0.387 e. The lowest BCUT2D eigenvalue weighted by molar-refractivity contribution is -0.0542. The quantitative estimate of drug-likeness (QED) is 0.899. The molecule has 0 aromatic heterocycles. The van der Waals surface area contributed by atoms with Gasteiger partial charge in [0.2, 0.25) is 0 Å². The topological polar surface area (TPSA) is 30.5 Å². The fraction of sp³-hybridized carbons (Fsp3) is 0.538. The Hall–Kier alpha value is -1.36. The number of nitrogens with one attached hydrogen (secondary N) is 1. The Morgan fingerprint density at radius 3 is 2.39 bits per heavy atom. The Balaban J connectivity index is 2.12. The van der Waals surface area contributed by atoms with Crippen LogP contribution in [0.25, 0.3) is 0 Å². The number of halogens is 2. The van der Waals surface area contributed by atoms with Gasteiger partial charge in [0.05, 0.1) is 0 Å². The molecule has 2 rings (SSSR count). The molecule has 0 spiro atoms. The van der Waals surface area contributed by atoms with E-state index < -0.39 is 6.61 Å². The summed E-state index contributed by atoms with van der Waals surface area (Å²) in [5, 5.41) is 3.24. The minimum atomic E-state index is -2.84. The summed E-state index contributed by atoms with van der Waals surface area (Å²) in [5.41, 5.74) is -0.327. The van der Waals surface area contributed by atoms with Gasteiger partial charge in [-0.1, -0.05) is 12.1 Å². The first kappa shape index (κ1) is 13.1. The molecule has 0 aliphatic carbocycles. The molecule has 1 aromatic rings. The number of piperidine rings is 1. The molecule has 1 fully saturated rings. The Labute approximate surface area is 105 Å². The van der Waals surface area contributed by atoms with Crippen LogP contribution in [0.5, 0.6) is 11.5 Å². The lowest BCUT2D eigenvalue weighted by atomic mass is 9.94. The predicted octanol–water partition coefficient (Wildman–Crippen LogP) is 2.81. The van der Waals surface area contributed by atoms with Crippen molar-refractivity contribution in [3.8, 4) is 11.5 Å². The number of benzene rings is 1. The third-order valence-corrected chi connectivity index (χ3v) is 3.08. The van der Waals surface area contributed by atoms with Crippen molar-refractivity contribution in [1.29, 1.82) is 0 Å². The van der Waals surface area contributed by atoms with Gasteiger partial charge in [0.25, 0.3) is 0 Å². The van der Waals surface area contributed by atoms with Crippen molar-refractivity contribution < 1.29 is 18.3 Å². The van der Waals surface area contributed by atoms with Crippen LogP contribution in [0.1, 0.15) is 19.8 Å². The zero-order valence-corrected chi connectivity index (χ0v) is 10.3. The summed E-state index contributed by atoms with van der Waals surface area (Å²) in [6.07, 6.45) is 1.69. The van der Waals surface area contributed by atoms with Gasteiger partial charge in [-0.05, 0) is 45.0 Å². The van der Waals surface area contributed by atoms with E-state index >= 15 is 0 Å². The van der Waals surface area contributed by atoms with Crippen molar-refractivity contribution in [3.05, 3.63) is 24.3 Å². The third-order valence-electron chi connectivity index (χ3n) is 3.08. The summed E-state index contributed by atoms with van der Waals surface area (Å²) >= 11 is 0. The molecule has 1 heterocycles. The van der Waals surface area contributed by atoms with Crippen LogP contribution in [0, 0.1) is 0 Å². The molecule has 100 valence electrons. The summed E-state index contributed by atoms with van der Waals surface area (Å²) in [6.45, 7) is 0.894. The molecule has 0 radical (unpaired) electrons. The van der Waals surface area contributed by atoms with Crippen molar-refractivity contribution in [2.45, 2.75) is 32.0 Å². The molecule has 0 bridgehead atoms. The van der Waals surface area contributed by atoms with E-state index in [0.29, 0.717) is 5.75 Å². The summed E-state index contributed by atoms with van der Waals surface area (Å²) < 4.78 is 34.9. The molecule has 0 amide bonds. The van der Waals surface area contributed by atoms with Gasteiger partial charge in [-0.3, -0.25) is 0 Å². The fourth-order valence-electron chi connectivity index (χ4n) is 2.05. The first-order valence-electron chi connectivity index (χ1n) is 6.03. The molecular formula is C13H17F2NO2. The van der Waals surface area contributed by atoms with Crippen LogP contribution in [-0.4, -0.2) is 25.3 Å². The number of para-hydroxylation sites is 2. The van der Waals surface area contributed by atoms with Crippen molar-refractivity contribution >= 4 is 0 Å². The third kappa shape index (κ3) is 3.32. The van der Waals surface area contributed by atoms with Gasteiger partial charge in [-0.2, -0.15) is 8.78 Å². The molecule has 1 aliphatic rings. The molecule has 0 atom stereocenters. The summed E-state index contributed by atoms with van der Waals surface area (Å²) in [4.78, 5) is 0. The highest BCUT2D eigenvalue weighted by molar-refractivity contribution is 5.40. The number of ether oxygens (including phenoxy) is 2. The second-order valence-corrected chi connectivity index (χ2v) is 4.63. The Morgan fingerprint density at radius 1 is 1.17 bits per heavy atom. The number of hydrogen-bond donors (Lipinski definition) is 1. The largest absolute Gasteiger partial charge is 0.484 e. The predicted molar refractivity (Wildman–Crippen MR) is 64.2 cm³/mol. The van der Waals surface area contributed by atoms with Crippen LogP contribution in [0.2, 0.25) is 0 Å². The lowest BCUT2D eigenvalue weighted by Crippen LogP contribution is -2.43. The number of hydrogen-bond acceptors (Lipinski definition) is 3. The van der Waals surface area contributed by atoms with Gasteiger partial charge in [-0.15, -0.1) is 0 Å². The Morgan fingerprint density at radius 2 is 1.78 bits per heavy atom. The first-order valence-corrected chi connectivity index (χ1v) is 6.03. The average Bonchev–Trinajstić information content (AvgIpc) is 2.32. The highest BCUT2D eigenvalue weighted by atomic mass is 19.3. The van der Waals surface area contributed by atoms with Crippen molar-refractivity contribution in [3.63, 3.8) is 0 Å². The van der Waals surface area contributed by atoms with E-state index in [1.165, 1.54) is 6.07 Å². The maximum Gasteiger partial charge on any atom is 0.387 e. The highest BCUT2D eigenvalue weighted by Crippen LogP contribution is 2.33. The summed E-state index contributed by atoms with van der Waals surface area (Å²) in [5.74, 6) is 0.467. The van der Waals surface area contributed by atoms with Gasteiger partial charge in [0.1, 0.15) is 5.60 Å². The lowest BCUT2D eigenvalue weighted by Gasteiger charge is -2.35. The van der Waals surface area contributed by atoms with E-state index in [9.17, 15) is 8.78 Å². The minimum absolute atomic E-state index is 0.0901. The molecule has 0 saturated carbocycles. The second kappa shape index (κ2) is 5.52.